The Labute approximate surface area is 203 Å². The second-order valence-corrected chi connectivity index (χ2v) is 11.2. The quantitative estimate of drug-likeness (QED) is 0.592. The van der Waals surface area contributed by atoms with Crippen molar-refractivity contribution >= 4 is 15.9 Å². The van der Waals surface area contributed by atoms with Gasteiger partial charge in [0.2, 0.25) is 15.9 Å². The van der Waals surface area contributed by atoms with Crippen molar-refractivity contribution in [1.82, 2.24) is 19.4 Å². The molecule has 0 spiro atoms. The number of hydrogen-bond acceptors (Lipinski definition) is 5. The fraction of sp³-hybridized carbons (Fsp3) is 0.500. The van der Waals surface area contributed by atoms with E-state index >= 15 is 0 Å². The normalized spacial score (nSPS) is 18.6. The van der Waals surface area contributed by atoms with E-state index in [9.17, 15) is 13.2 Å². The molecule has 1 N–H and O–H groups in total. The SMILES string of the molecule is O=C(Cc1ccc(S(=O)(=O)N2CCCCC2)cc1)NCCN1CCN(Cc2ccccc2)CC1. The molecule has 0 bridgehead atoms. The van der Waals surface area contributed by atoms with E-state index in [1.165, 1.54) is 5.56 Å². The predicted molar refractivity (Wildman–Crippen MR) is 134 cm³/mol. The van der Waals surface area contributed by atoms with Crippen molar-refractivity contribution in [3.63, 3.8) is 0 Å². The van der Waals surface area contributed by atoms with E-state index in [0.29, 0.717) is 24.5 Å². The molecule has 7 nitrogen and oxygen atoms in total. The lowest BCUT2D eigenvalue weighted by atomic mass is 10.1. The third-order valence-electron chi connectivity index (χ3n) is 6.70. The Hall–Kier alpha value is -2.26. The standard InChI is InChI=1S/C26H36N4O3S/c31-26(21-23-9-11-25(12-10-23)34(32,33)30-14-5-2-6-15-30)27-13-16-28-17-19-29(20-18-28)22-24-7-3-1-4-8-24/h1,3-4,7-12H,2,5-6,13-22H2,(H,27,31). The van der Waals surface area contributed by atoms with Crippen LogP contribution in [0.5, 0.6) is 0 Å². The van der Waals surface area contributed by atoms with Gasteiger partial charge in [-0.2, -0.15) is 4.31 Å². The van der Waals surface area contributed by atoms with Crippen LogP contribution in [-0.2, 0) is 27.8 Å². The molecule has 2 saturated heterocycles. The lowest BCUT2D eigenvalue weighted by Gasteiger charge is -2.34. The molecule has 34 heavy (non-hydrogen) atoms. The van der Waals surface area contributed by atoms with Crippen LogP contribution < -0.4 is 5.32 Å². The van der Waals surface area contributed by atoms with E-state index in [4.69, 9.17) is 0 Å². The molecule has 2 fully saturated rings. The molecular formula is C26H36N4O3S. The minimum atomic E-state index is -3.43. The number of piperazine rings is 1. The van der Waals surface area contributed by atoms with Crippen LogP contribution in [0.3, 0.4) is 0 Å². The van der Waals surface area contributed by atoms with Gasteiger partial charge in [0.1, 0.15) is 0 Å². The van der Waals surface area contributed by atoms with Crippen molar-refractivity contribution in [3.05, 3.63) is 65.7 Å². The van der Waals surface area contributed by atoms with Gasteiger partial charge in [-0.3, -0.25) is 14.6 Å². The fourth-order valence-electron chi connectivity index (χ4n) is 4.65. The van der Waals surface area contributed by atoms with Gasteiger partial charge in [-0.15, -0.1) is 0 Å². The van der Waals surface area contributed by atoms with E-state index in [1.807, 2.05) is 6.07 Å². The second-order valence-electron chi connectivity index (χ2n) is 9.24. The Balaban J connectivity index is 1.15. The fourth-order valence-corrected chi connectivity index (χ4v) is 6.16. The van der Waals surface area contributed by atoms with Gasteiger partial charge in [0.15, 0.2) is 0 Å². The molecule has 8 heteroatoms. The number of hydrogen-bond donors (Lipinski definition) is 1. The summed E-state index contributed by atoms with van der Waals surface area (Å²) < 4.78 is 27.1. The Bertz CT molecular complexity index is 1010. The minimum absolute atomic E-state index is 0.0330. The van der Waals surface area contributed by atoms with E-state index in [2.05, 4.69) is 39.4 Å². The van der Waals surface area contributed by atoms with E-state index < -0.39 is 10.0 Å². The smallest absolute Gasteiger partial charge is 0.243 e. The number of piperidine rings is 1. The third kappa shape index (κ3) is 6.88. The molecule has 2 aliphatic heterocycles. The molecule has 0 saturated carbocycles. The highest BCUT2D eigenvalue weighted by Gasteiger charge is 2.25. The summed E-state index contributed by atoms with van der Waals surface area (Å²) in [6.07, 6.45) is 3.18. The first kappa shape index (κ1) is 24.9. The minimum Gasteiger partial charge on any atom is -0.355 e. The zero-order chi connectivity index (χ0) is 23.8. The number of nitrogens with zero attached hydrogens (tertiary/aromatic N) is 3. The summed E-state index contributed by atoms with van der Waals surface area (Å²) in [7, 11) is -3.43. The maximum atomic E-state index is 12.8. The summed E-state index contributed by atoms with van der Waals surface area (Å²) in [5.41, 5.74) is 2.17. The van der Waals surface area contributed by atoms with Crippen LogP contribution in [0, 0.1) is 0 Å². The van der Waals surface area contributed by atoms with Gasteiger partial charge < -0.3 is 5.32 Å². The van der Waals surface area contributed by atoms with Crippen molar-refractivity contribution in [2.75, 3.05) is 52.4 Å². The largest absolute Gasteiger partial charge is 0.355 e. The molecule has 0 aromatic heterocycles. The van der Waals surface area contributed by atoms with Gasteiger partial charge in [-0.25, -0.2) is 8.42 Å². The average Bonchev–Trinajstić information content (AvgIpc) is 2.87. The number of nitrogens with one attached hydrogen (secondary N) is 1. The number of carbonyl (C=O) groups excluding carboxylic acids is 1. The average molecular weight is 485 g/mol. The Kier molecular flexibility index (Phi) is 8.72. The molecule has 2 aromatic rings. The van der Waals surface area contributed by atoms with Gasteiger partial charge in [-0.05, 0) is 36.1 Å². The maximum absolute atomic E-state index is 12.8. The Morgan fingerprint density at radius 1 is 0.765 bits per heavy atom. The first-order chi connectivity index (χ1) is 16.5. The molecule has 0 atom stereocenters. The third-order valence-corrected chi connectivity index (χ3v) is 8.62. The predicted octanol–water partition coefficient (Wildman–Crippen LogP) is 2.34. The van der Waals surface area contributed by atoms with Crippen LogP contribution in [0.1, 0.15) is 30.4 Å². The van der Waals surface area contributed by atoms with Crippen molar-refractivity contribution in [2.45, 2.75) is 37.1 Å². The van der Waals surface area contributed by atoms with Gasteiger partial charge in [0, 0.05) is 58.9 Å². The molecule has 184 valence electrons. The number of benzene rings is 2. The number of carbonyl (C=O) groups is 1. The lowest BCUT2D eigenvalue weighted by Crippen LogP contribution is -2.48. The van der Waals surface area contributed by atoms with Crippen molar-refractivity contribution in [1.29, 1.82) is 0 Å². The highest BCUT2D eigenvalue weighted by Crippen LogP contribution is 2.21. The Morgan fingerprint density at radius 3 is 2.09 bits per heavy atom. The summed E-state index contributed by atoms with van der Waals surface area (Å²) in [4.78, 5) is 17.5. The molecule has 2 aromatic carbocycles. The molecule has 1 amide bonds. The molecule has 0 unspecified atom stereocenters. The summed E-state index contributed by atoms with van der Waals surface area (Å²) in [6.45, 7) is 7.74. The summed E-state index contributed by atoms with van der Waals surface area (Å²) in [5, 5.41) is 3.01. The topological polar surface area (TPSA) is 73.0 Å². The van der Waals surface area contributed by atoms with E-state index in [0.717, 1.165) is 64.1 Å². The highest BCUT2D eigenvalue weighted by atomic mass is 32.2. The molecule has 2 heterocycles. The zero-order valence-electron chi connectivity index (χ0n) is 19.9. The Morgan fingerprint density at radius 2 is 1.41 bits per heavy atom. The summed E-state index contributed by atoms with van der Waals surface area (Å²) in [6, 6.07) is 17.3. The van der Waals surface area contributed by atoms with Crippen LogP contribution in [0.4, 0.5) is 0 Å². The van der Waals surface area contributed by atoms with E-state index in [-0.39, 0.29) is 12.3 Å². The maximum Gasteiger partial charge on any atom is 0.243 e. The number of sulfonamides is 1. The monoisotopic (exact) mass is 484 g/mol. The number of rotatable bonds is 9. The number of amides is 1. The van der Waals surface area contributed by atoms with Crippen LogP contribution in [0.2, 0.25) is 0 Å². The van der Waals surface area contributed by atoms with Crippen LogP contribution in [0.15, 0.2) is 59.5 Å². The van der Waals surface area contributed by atoms with Crippen LogP contribution in [0.25, 0.3) is 0 Å². The van der Waals surface area contributed by atoms with Gasteiger partial charge in [-0.1, -0.05) is 48.9 Å². The van der Waals surface area contributed by atoms with E-state index in [1.54, 1.807) is 28.6 Å². The van der Waals surface area contributed by atoms with Crippen molar-refractivity contribution < 1.29 is 13.2 Å². The van der Waals surface area contributed by atoms with Gasteiger partial charge in [0.25, 0.3) is 0 Å². The van der Waals surface area contributed by atoms with Crippen molar-refractivity contribution in [3.8, 4) is 0 Å². The lowest BCUT2D eigenvalue weighted by molar-refractivity contribution is -0.120. The first-order valence-corrected chi connectivity index (χ1v) is 13.8. The molecule has 4 rings (SSSR count). The molecule has 0 aliphatic carbocycles. The highest BCUT2D eigenvalue weighted by molar-refractivity contribution is 7.89. The molecular weight excluding hydrogens is 448 g/mol. The second kappa shape index (κ2) is 11.9. The molecule has 0 radical (unpaired) electrons. The van der Waals surface area contributed by atoms with Crippen LogP contribution >= 0.6 is 0 Å². The first-order valence-electron chi connectivity index (χ1n) is 12.4. The van der Waals surface area contributed by atoms with Crippen LogP contribution in [-0.4, -0.2) is 80.8 Å². The zero-order valence-corrected chi connectivity index (χ0v) is 20.7. The van der Waals surface area contributed by atoms with Gasteiger partial charge in [0.05, 0.1) is 11.3 Å². The summed E-state index contributed by atoms with van der Waals surface area (Å²) in [5.74, 6) is -0.0330. The molecule has 2 aliphatic rings. The van der Waals surface area contributed by atoms with Crippen molar-refractivity contribution in [2.24, 2.45) is 0 Å². The summed E-state index contributed by atoms with van der Waals surface area (Å²) >= 11 is 0. The van der Waals surface area contributed by atoms with Gasteiger partial charge >= 0.3 is 0 Å².